The zero-order valence-electron chi connectivity index (χ0n) is 10.3. The Bertz CT molecular complexity index is 331. The Kier molecular flexibility index (Phi) is 5.88. The smallest absolute Gasteiger partial charge is 0.240 e. The minimum atomic E-state index is 0. The van der Waals surface area contributed by atoms with Crippen LogP contribution in [0.4, 0.5) is 0 Å². The lowest BCUT2D eigenvalue weighted by molar-refractivity contribution is 0.160. The Labute approximate surface area is 108 Å². The molecule has 0 bridgehead atoms. The zero-order chi connectivity index (χ0) is 11.4. The van der Waals surface area contributed by atoms with E-state index >= 15 is 0 Å². The second-order valence-corrected chi connectivity index (χ2v) is 4.46. The van der Waals surface area contributed by atoms with Gasteiger partial charge in [-0.25, -0.2) is 0 Å². The van der Waals surface area contributed by atoms with Gasteiger partial charge in [-0.15, -0.1) is 12.4 Å². The van der Waals surface area contributed by atoms with Crippen LogP contribution in [0.25, 0.3) is 0 Å². The summed E-state index contributed by atoms with van der Waals surface area (Å²) in [6, 6.07) is 0. The molecule has 0 spiro atoms. The Morgan fingerprint density at radius 1 is 1.53 bits per heavy atom. The minimum absolute atomic E-state index is 0. The fraction of sp³-hybridized carbons (Fsp3) is 0.818. The summed E-state index contributed by atoms with van der Waals surface area (Å²) in [4.78, 5) is 6.63. The molecule has 0 radical (unpaired) electrons. The van der Waals surface area contributed by atoms with Crippen LogP contribution in [-0.2, 0) is 13.1 Å². The van der Waals surface area contributed by atoms with Gasteiger partial charge < -0.3 is 10.3 Å². The predicted octanol–water partition coefficient (Wildman–Crippen LogP) is 1.57. The lowest BCUT2D eigenvalue weighted by Gasteiger charge is -2.31. The van der Waals surface area contributed by atoms with E-state index in [0.29, 0.717) is 12.4 Å². The first-order valence-electron chi connectivity index (χ1n) is 6.05. The van der Waals surface area contributed by atoms with Crippen LogP contribution < -0.4 is 5.73 Å². The van der Waals surface area contributed by atoms with Crippen LogP contribution in [0, 0.1) is 5.92 Å². The summed E-state index contributed by atoms with van der Waals surface area (Å²) in [5, 5.41) is 3.92. The van der Waals surface area contributed by atoms with Crippen molar-refractivity contribution in [2.45, 2.75) is 39.3 Å². The topological polar surface area (TPSA) is 68.2 Å². The molecule has 6 heteroatoms. The second-order valence-electron chi connectivity index (χ2n) is 4.46. The van der Waals surface area contributed by atoms with Crippen LogP contribution in [0.1, 0.15) is 37.9 Å². The van der Waals surface area contributed by atoms with E-state index in [1.54, 1.807) is 0 Å². The number of hydrogen-bond donors (Lipinski definition) is 1. The largest absolute Gasteiger partial charge is 0.338 e. The lowest BCUT2D eigenvalue weighted by atomic mass is 9.96. The number of nitrogens with zero attached hydrogens (tertiary/aromatic N) is 3. The molecule has 1 saturated heterocycles. The van der Waals surface area contributed by atoms with Gasteiger partial charge in [-0.05, 0) is 25.3 Å². The van der Waals surface area contributed by atoms with Crippen molar-refractivity contribution < 1.29 is 4.52 Å². The van der Waals surface area contributed by atoms with Crippen molar-refractivity contribution in [1.82, 2.24) is 15.0 Å². The molecule has 0 aromatic carbocycles. The number of halogens is 1. The Balaban J connectivity index is 0.00000144. The predicted molar refractivity (Wildman–Crippen MR) is 67.7 cm³/mol. The van der Waals surface area contributed by atoms with E-state index in [2.05, 4.69) is 22.0 Å². The highest BCUT2D eigenvalue weighted by molar-refractivity contribution is 5.85. The Morgan fingerprint density at radius 2 is 2.35 bits per heavy atom. The van der Waals surface area contributed by atoms with Crippen molar-refractivity contribution in [2.24, 2.45) is 11.7 Å². The lowest BCUT2D eigenvalue weighted by Crippen LogP contribution is -2.34. The molecule has 17 heavy (non-hydrogen) atoms. The number of likely N-dealkylation sites (tertiary alicyclic amines) is 1. The molecule has 5 nitrogen and oxygen atoms in total. The van der Waals surface area contributed by atoms with E-state index in [1.165, 1.54) is 19.3 Å². The van der Waals surface area contributed by atoms with Gasteiger partial charge in [0, 0.05) is 6.54 Å². The average molecular weight is 261 g/mol. The number of aromatic nitrogens is 2. The van der Waals surface area contributed by atoms with Gasteiger partial charge in [0.15, 0.2) is 5.82 Å². The van der Waals surface area contributed by atoms with E-state index in [-0.39, 0.29) is 12.4 Å². The first-order chi connectivity index (χ1) is 7.81. The molecule has 1 atom stereocenters. The normalized spacial score (nSPS) is 21.2. The molecule has 1 aliphatic heterocycles. The molecule has 0 saturated carbocycles. The third-order valence-corrected chi connectivity index (χ3v) is 3.23. The number of piperidine rings is 1. The molecular formula is C11H21ClN4O. The van der Waals surface area contributed by atoms with Gasteiger partial charge in [0.05, 0.1) is 13.1 Å². The molecule has 1 unspecified atom stereocenters. The van der Waals surface area contributed by atoms with Gasteiger partial charge >= 0.3 is 0 Å². The highest BCUT2D eigenvalue weighted by atomic mass is 35.5. The van der Waals surface area contributed by atoms with E-state index in [4.69, 9.17) is 10.3 Å². The van der Waals surface area contributed by atoms with Crippen LogP contribution >= 0.6 is 12.4 Å². The molecule has 98 valence electrons. The van der Waals surface area contributed by atoms with E-state index in [0.717, 1.165) is 31.4 Å². The molecule has 0 aliphatic carbocycles. The van der Waals surface area contributed by atoms with Crippen molar-refractivity contribution in [3.05, 3.63) is 11.7 Å². The summed E-state index contributed by atoms with van der Waals surface area (Å²) in [5.41, 5.74) is 5.43. The molecule has 2 N–H and O–H groups in total. The highest BCUT2D eigenvalue weighted by Gasteiger charge is 2.19. The molecule has 1 fully saturated rings. The molecule has 1 aromatic rings. The molecular weight excluding hydrogens is 240 g/mol. The third kappa shape index (κ3) is 3.94. The van der Waals surface area contributed by atoms with Crippen molar-refractivity contribution in [2.75, 3.05) is 13.1 Å². The van der Waals surface area contributed by atoms with E-state index in [1.807, 2.05) is 0 Å². The number of hydrogen-bond acceptors (Lipinski definition) is 5. The summed E-state index contributed by atoms with van der Waals surface area (Å²) >= 11 is 0. The summed E-state index contributed by atoms with van der Waals surface area (Å²) in [7, 11) is 0. The Morgan fingerprint density at radius 3 is 3.00 bits per heavy atom. The number of rotatable bonds is 4. The highest BCUT2D eigenvalue weighted by Crippen LogP contribution is 2.20. The van der Waals surface area contributed by atoms with Crippen molar-refractivity contribution in [3.8, 4) is 0 Å². The van der Waals surface area contributed by atoms with Gasteiger partial charge in [-0.3, -0.25) is 4.90 Å². The van der Waals surface area contributed by atoms with Gasteiger partial charge in [-0.1, -0.05) is 18.5 Å². The maximum absolute atomic E-state index is 5.43. The molecule has 1 aromatic heterocycles. The van der Waals surface area contributed by atoms with Crippen molar-refractivity contribution >= 4 is 12.4 Å². The SMILES string of the molecule is CCC1CCCN(Cc2noc(CN)n2)C1.Cl. The van der Waals surface area contributed by atoms with Gasteiger partial charge in [0.1, 0.15) is 0 Å². The van der Waals surface area contributed by atoms with Crippen molar-refractivity contribution in [1.29, 1.82) is 0 Å². The maximum atomic E-state index is 5.43. The van der Waals surface area contributed by atoms with Crippen LogP contribution in [-0.4, -0.2) is 28.1 Å². The van der Waals surface area contributed by atoms with E-state index < -0.39 is 0 Å². The van der Waals surface area contributed by atoms with Crippen LogP contribution in [0.2, 0.25) is 0 Å². The fourth-order valence-corrected chi connectivity index (χ4v) is 2.27. The first-order valence-corrected chi connectivity index (χ1v) is 6.05. The Hall–Kier alpha value is -0.650. The summed E-state index contributed by atoms with van der Waals surface area (Å²) in [6.07, 6.45) is 3.89. The first kappa shape index (κ1) is 14.4. The van der Waals surface area contributed by atoms with Gasteiger partial charge in [0.25, 0.3) is 0 Å². The average Bonchev–Trinajstić information content (AvgIpc) is 2.77. The molecule has 2 rings (SSSR count). The van der Waals surface area contributed by atoms with Gasteiger partial charge in [0.2, 0.25) is 5.89 Å². The monoisotopic (exact) mass is 260 g/mol. The quantitative estimate of drug-likeness (QED) is 0.890. The summed E-state index contributed by atoms with van der Waals surface area (Å²) < 4.78 is 5.00. The number of nitrogens with two attached hydrogens (primary N) is 1. The van der Waals surface area contributed by atoms with Crippen LogP contribution in [0.15, 0.2) is 4.52 Å². The standard InChI is InChI=1S/C11H20N4O.ClH/c1-2-9-4-3-5-15(7-9)8-10-13-11(6-12)16-14-10;/h9H,2-8,12H2,1H3;1H. The summed E-state index contributed by atoms with van der Waals surface area (Å²) in [5.74, 6) is 2.12. The molecule has 2 heterocycles. The fourth-order valence-electron chi connectivity index (χ4n) is 2.27. The van der Waals surface area contributed by atoms with Crippen LogP contribution in [0.3, 0.4) is 0 Å². The minimum Gasteiger partial charge on any atom is -0.338 e. The van der Waals surface area contributed by atoms with E-state index in [9.17, 15) is 0 Å². The maximum Gasteiger partial charge on any atom is 0.240 e. The summed E-state index contributed by atoms with van der Waals surface area (Å²) in [6.45, 7) is 5.67. The second kappa shape index (κ2) is 6.93. The van der Waals surface area contributed by atoms with Gasteiger partial charge in [-0.2, -0.15) is 4.98 Å². The van der Waals surface area contributed by atoms with Crippen LogP contribution in [0.5, 0.6) is 0 Å². The van der Waals surface area contributed by atoms with Crippen molar-refractivity contribution in [3.63, 3.8) is 0 Å². The molecule has 1 aliphatic rings. The molecule has 0 amide bonds. The third-order valence-electron chi connectivity index (χ3n) is 3.23. The zero-order valence-corrected chi connectivity index (χ0v) is 11.1.